The largest absolute Gasteiger partial charge is 0.304 e. The van der Waals surface area contributed by atoms with Gasteiger partial charge in [0, 0.05) is 7.05 Å². The summed E-state index contributed by atoms with van der Waals surface area (Å²) in [4.78, 5) is 0. The van der Waals surface area contributed by atoms with Gasteiger partial charge in [-0.2, -0.15) is 5.10 Å². The van der Waals surface area contributed by atoms with Gasteiger partial charge < -0.3 is 5.32 Å². The van der Waals surface area contributed by atoms with Crippen molar-refractivity contribution in [2.45, 2.75) is 19.4 Å². The summed E-state index contributed by atoms with van der Waals surface area (Å²) in [5, 5.41) is 6.75. The molecule has 1 N–H and O–H groups in total. The maximum atomic E-state index is 12.6. The lowest BCUT2D eigenvalue weighted by Crippen LogP contribution is -2.29. The van der Waals surface area contributed by atoms with Crippen molar-refractivity contribution in [3.8, 4) is 0 Å². The number of hydrogen-bond donors (Lipinski definition) is 1. The molecule has 14 heavy (non-hydrogen) atoms. The van der Waals surface area contributed by atoms with Gasteiger partial charge in [-0.05, 0) is 6.54 Å². The molecule has 0 amide bonds. The maximum absolute atomic E-state index is 12.6. The Bertz CT molecular complexity index is 281. The van der Waals surface area contributed by atoms with E-state index in [0.717, 1.165) is 0 Å². The summed E-state index contributed by atoms with van der Waals surface area (Å²) in [7, 11) is 1.59. The van der Waals surface area contributed by atoms with E-state index in [1.807, 2.05) is 0 Å². The van der Waals surface area contributed by atoms with Crippen LogP contribution in [0.15, 0.2) is 6.20 Å². The molecule has 1 aromatic rings. The molecule has 1 unspecified atom stereocenters. The van der Waals surface area contributed by atoms with Gasteiger partial charge in [-0.25, -0.2) is 8.78 Å². The third-order valence-electron chi connectivity index (χ3n) is 1.91. The van der Waals surface area contributed by atoms with Gasteiger partial charge in [0.1, 0.15) is 6.04 Å². The Morgan fingerprint density at radius 3 is 2.64 bits per heavy atom. The molecule has 0 saturated heterocycles. The van der Waals surface area contributed by atoms with Gasteiger partial charge >= 0.3 is 0 Å². The monoisotopic (exact) mass is 223 g/mol. The number of aromatic nitrogens is 2. The Balaban J connectivity index is 2.98. The van der Waals surface area contributed by atoms with E-state index in [1.165, 1.54) is 10.9 Å². The predicted octanol–water partition coefficient (Wildman–Crippen LogP) is 1.99. The first-order chi connectivity index (χ1) is 6.57. The second kappa shape index (κ2) is 4.70. The summed E-state index contributed by atoms with van der Waals surface area (Å²) in [6, 6.07) is -1.06. The smallest absolute Gasteiger partial charge is 0.259 e. The summed E-state index contributed by atoms with van der Waals surface area (Å²) in [6.45, 7) is 2.22. The topological polar surface area (TPSA) is 29.9 Å². The lowest BCUT2D eigenvalue weighted by molar-refractivity contribution is 0.0956. The minimum absolute atomic E-state index is 0.263. The molecule has 0 spiro atoms. The standard InChI is InChI=1S/C8H12ClF2N3/c1-3-12-6(8(10)11)7-5(9)4-13-14(7)2/h4,6,8,12H,3H2,1-2H3. The molecule has 0 aliphatic carbocycles. The molecule has 0 aliphatic heterocycles. The fourth-order valence-corrected chi connectivity index (χ4v) is 1.58. The Morgan fingerprint density at radius 1 is 1.64 bits per heavy atom. The highest BCUT2D eigenvalue weighted by atomic mass is 35.5. The minimum Gasteiger partial charge on any atom is -0.304 e. The number of nitrogens with zero attached hydrogens (tertiary/aromatic N) is 2. The van der Waals surface area contributed by atoms with Gasteiger partial charge in [-0.1, -0.05) is 18.5 Å². The molecule has 6 heteroatoms. The van der Waals surface area contributed by atoms with Crippen LogP contribution >= 0.6 is 11.6 Å². The van der Waals surface area contributed by atoms with Crippen LogP contribution in [0.4, 0.5) is 8.78 Å². The van der Waals surface area contributed by atoms with Crippen LogP contribution in [0.5, 0.6) is 0 Å². The van der Waals surface area contributed by atoms with Crippen molar-refractivity contribution in [2.24, 2.45) is 7.05 Å². The molecule has 0 aliphatic rings. The van der Waals surface area contributed by atoms with E-state index in [1.54, 1.807) is 14.0 Å². The zero-order chi connectivity index (χ0) is 10.7. The summed E-state index contributed by atoms with van der Waals surface area (Å²) in [5.41, 5.74) is 0.323. The molecule has 1 atom stereocenters. The quantitative estimate of drug-likeness (QED) is 0.846. The van der Waals surface area contributed by atoms with Gasteiger partial charge in [0.05, 0.1) is 16.9 Å². The summed E-state index contributed by atoms with van der Waals surface area (Å²) >= 11 is 5.76. The second-order valence-electron chi connectivity index (χ2n) is 2.87. The molecule has 0 aromatic carbocycles. The van der Waals surface area contributed by atoms with Crippen molar-refractivity contribution in [2.75, 3.05) is 6.54 Å². The van der Waals surface area contributed by atoms with Crippen molar-refractivity contribution in [3.63, 3.8) is 0 Å². The molecule has 1 heterocycles. The maximum Gasteiger partial charge on any atom is 0.259 e. The molecule has 80 valence electrons. The first kappa shape index (κ1) is 11.4. The van der Waals surface area contributed by atoms with Crippen LogP contribution in [0.25, 0.3) is 0 Å². The van der Waals surface area contributed by atoms with Crippen LogP contribution in [0.3, 0.4) is 0 Å². The molecule has 0 bridgehead atoms. The van der Waals surface area contributed by atoms with E-state index in [2.05, 4.69) is 10.4 Å². The van der Waals surface area contributed by atoms with Crippen molar-refractivity contribution in [3.05, 3.63) is 16.9 Å². The molecule has 1 rings (SSSR count). The number of halogens is 3. The molecule has 0 saturated carbocycles. The zero-order valence-electron chi connectivity index (χ0n) is 7.97. The fraction of sp³-hybridized carbons (Fsp3) is 0.625. The first-order valence-electron chi connectivity index (χ1n) is 4.26. The summed E-state index contributed by atoms with van der Waals surface area (Å²) in [5.74, 6) is 0. The van der Waals surface area contributed by atoms with Crippen LogP contribution in [0, 0.1) is 0 Å². The van der Waals surface area contributed by atoms with Gasteiger partial charge in [-0.3, -0.25) is 4.68 Å². The third kappa shape index (κ3) is 2.22. The van der Waals surface area contributed by atoms with Crippen LogP contribution in [0.1, 0.15) is 18.7 Å². The molecular formula is C8H12ClF2N3. The van der Waals surface area contributed by atoms with Crippen LogP contribution < -0.4 is 5.32 Å². The van der Waals surface area contributed by atoms with Crippen molar-refractivity contribution in [1.29, 1.82) is 0 Å². The van der Waals surface area contributed by atoms with Gasteiger partial charge in [0.25, 0.3) is 6.43 Å². The third-order valence-corrected chi connectivity index (χ3v) is 2.20. The summed E-state index contributed by atoms with van der Waals surface area (Å²) in [6.07, 6.45) is -1.13. The number of nitrogens with one attached hydrogen (secondary N) is 1. The Hall–Kier alpha value is -0.680. The highest BCUT2D eigenvalue weighted by Gasteiger charge is 2.26. The average Bonchev–Trinajstić information content (AvgIpc) is 2.43. The van der Waals surface area contributed by atoms with Gasteiger partial charge in [-0.15, -0.1) is 0 Å². The van der Waals surface area contributed by atoms with E-state index in [9.17, 15) is 8.78 Å². The van der Waals surface area contributed by atoms with Crippen molar-refractivity contribution >= 4 is 11.6 Å². The van der Waals surface area contributed by atoms with Crippen LogP contribution in [-0.2, 0) is 7.05 Å². The normalized spacial score (nSPS) is 13.6. The Kier molecular flexibility index (Phi) is 3.83. The number of alkyl halides is 2. The molecule has 1 aromatic heterocycles. The van der Waals surface area contributed by atoms with Crippen molar-refractivity contribution in [1.82, 2.24) is 15.1 Å². The highest BCUT2D eigenvalue weighted by Crippen LogP contribution is 2.26. The van der Waals surface area contributed by atoms with E-state index in [-0.39, 0.29) is 5.02 Å². The predicted molar refractivity (Wildman–Crippen MR) is 50.6 cm³/mol. The fourth-order valence-electron chi connectivity index (χ4n) is 1.30. The molecule has 3 nitrogen and oxygen atoms in total. The lowest BCUT2D eigenvalue weighted by Gasteiger charge is -2.17. The average molecular weight is 224 g/mol. The van der Waals surface area contributed by atoms with Gasteiger partial charge in [0.15, 0.2) is 0 Å². The number of aryl methyl sites for hydroxylation is 1. The molecule has 0 fully saturated rings. The van der Waals surface area contributed by atoms with Crippen molar-refractivity contribution < 1.29 is 8.78 Å². The first-order valence-corrected chi connectivity index (χ1v) is 4.64. The van der Waals surface area contributed by atoms with E-state index in [4.69, 9.17) is 11.6 Å². The van der Waals surface area contributed by atoms with E-state index >= 15 is 0 Å². The molecular weight excluding hydrogens is 212 g/mol. The lowest BCUT2D eigenvalue weighted by atomic mass is 10.2. The van der Waals surface area contributed by atoms with Gasteiger partial charge in [0.2, 0.25) is 0 Å². The number of rotatable bonds is 4. The Labute approximate surface area is 86.0 Å². The number of hydrogen-bond acceptors (Lipinski definition) is 2. The highest BCUT2D eigenvalue weighted by molar-refractivity contribution is 6.31. The Morgan fingerprint density at radius 2 is 2.29 bits per heavy atom. The summed E-state index contributed by atoms with van der Waals surface area (Å²) < 4.78 is 26.7. The second-order valence-corrected chi connectivity index (χ2v) is 3.28. The zero-order valence-corrected chi connectivity index (χ0v) is 8.72. The van der Waals surface area contributed by atoms with E-state index in [0.29, 0.717) is 12.2 Å². The minimum atomic E-state index is -2.50. The van der Waals surface area contributed by atoms with E-state index < -0.39 is 12.5 Å². The molecule has 0 radical (unpaired) electrons. The van der Waals surface area contributed by atoms with Crippen LogP contribution in [-0.4, -0.2) is 22.8 Å². The SMILES string of the molecule is CCNC(c1c(Cl)cnn1C)C(F)F. The van der Waals surface area contributed by atoms with Crippen LogP contribution in [0.2, 0.25) is 5.02 Å².